The first-order valence-electron chi connectivity index (χ1n) is 4.74. The van der Waals surface area contributed by atoms with E-state index in [4.69, 9.17) is 11.0 Å². The largest absolute Gasteiger partial charge is 0.378 e. The Morgan fingerprint density at radius 3 is 2.83 bits per heavy atom. The van der Waals surface area contributed by atoms with E-state index in [1.54, 1.807) is 0 Å². The van der Waals surface area contributed by atoms with Gasteiger partial charge in [0.2, 0.25) is 5.82 Å². The molecule has 2 rings (SSSR count). The molecule has 2 heterocycles. The number of aromatic nitrogens is 3. The summed E-state index contributed by atoms with van der Waals surface area (Å²) >= 11 is 0. The molecule has 0 aromatic carbocycles. The van der Waals surface area contributed by atoms with Crippen molar-refractivity contribution in [2.45, 2.75) is 0 Å². The number of anilines is 1. The van der Waals surface area contributed by atoms with Crippen molar-refractivity contribution < 1.29 is 4.92 Å². The van der Waals surface area contributed by atoms with E-state index < -0.39 is 10.6 Å². The Kier molecular flexibility index (Phi) is 2.80. The molecule has 0 radical (unpaired) electrons. The van der Waals surface area contributed by atoms with Gasteiger partial charge in [0.1, 0.15) is 12.4 Å². The van der Waals surface area contributed by atoms with Crippen molar-refractivity contribution >= 4 is 11.5 Å². The molecule has 0 saturated heterocycles. The second-order valence-corrected chi connectivity index (χ2v) is 3.29. The van der Waals surface area contributed by atoms with E-state index in [0.717, 1.165) is 6.33 Å². The van der Waals surface area contributed by atoms with E-state index >= 15 is 0 Å². The van der Waals surface area contributed by atoms with Crippen molar-refractivity contribution in [1.29, 1.82) is 5.26 Å². The average Bonchev–Trinajstić information content (AvgIpc) is 2.38. The molecule has 18 heavy (non-hydrogen) atoms. The molecule has 0 bridgehead atoms. The van der Waals surface area contributed by atoms with Gasteiger partial charge in [0.25, 0.3) is 0 Å². The summed E-state index contributed by atoms with van der Waals surface area (Å²) in [5.74, 6) is -0.229. The quantitative estimate of drug-likeness (QED) is 0.611. The first-order chi connectivity index (χ1) is 8.63. The number of nitro groups is 1. The van der Waals surface area contributed by atoms with Crippen molar-refractivity contribution in [3.05, 3.63) is 40.5 Å². The lowest BCUT2D eigenvalue weighted by atomic mass is 10.1. The van der Waals surface area contributed by atoms with Crippen molar-refractivity contribution in [2.75, 3.05) is 5.73 Å². The zero-order valence-corrected chi connectivity index (χ0v) is 8.94. The summed E-state index contributed by atoms with van der Waals surface area (Å²) in [5.41, 5.74) is 5.72. The molecule has 88 valence electrons. The summed E-state index contributed by atoms with van der Waals surface area (Å²) in [4.78, 5) is 21.5. The summed E-state index contributed by atoms with van der Waals surface area (Å²) < 4.78 is 0. The van der Waals surface area contributed by atoms with Crippen molar-refractivity contribution in [3.63, 3.8) is 0 Å². The van der Waals surface area contributed by atoms with E-state index in [2.05, 4.69) is 15.0 Å². The summed E-state index contributed by atoms with van der Waals surface area (Å²) in [6.07, 6.45) is 3.84. The second-order valence-electron chi connectivity index (χ2n) is 3.29. The highest BCUT2D eigenvalue weighted by molar-refractivity contribution is 5.75. The molecular formula is C10H6N6O2. The molecule has 0 amide bonds. The number of hydrogen-bond acceptors (Lipinski definition) is 7. The van der Waals surface area contributed by atoms with Gasteiger partial charge >= 0.3 is 5.69 Å². The Hall–Kier alpha value is -3.08. The van der Waals surface area contributed by atoms with Crippen LogP contribution in [0.1, 0.15) is 5.56 Å². The lowest BCUT2D eigenvalue weighted by Gasteiger charge is -2.03. The van der Waals surface area contributed by atoms with Gasteiger partial charge in [-0.2, -0.15) is 5.26 Å². The minimum Gasteiger partial charge on any atom is -0.378 e. The molecule has 0 aliphatic rings. The van der Waals surface area contributed by atoms with Crippen LogP contribution in [0.25, 0.3) is 11.3 Å². The van der Waals surface area contributed by atoms with E-state index in [9.17, 15) is 10.1 Å². The molecule has 8 heteroatoms. The van der Waals surface area contributed by atoms with Gasteiger partial charge in [-0.3, -0.25) is 15.1 Å². The monoisotopic (exact) mass is 242 g/mol. The number of pyridine rings is 1. The molecule has 8 nitrogen and oxygen atoms in total. The molecule has 0 fully saturated rings. The van der Waals surface area contributed by atoms with Gasteiger partial charge in [-0.25, -0.2) is 9.97 Å². The summed E-state index contributed by atoms with van der Waals surface area (Å²) in [5, 5.41) is 19.7. The fraction of sp³-hybridized carbons (Fsp3) is 0. The Morgan fingerprint density at radius 1 is 1.39 bits per heavy atom. The fourth-order valence-corrected chi connectivity index (χ4v) is 1.41. The van der Waals surface area contributed by atoms with Crippen LogP contribution in [0.15, 0.2) is 24.8 Å². The molecule has 2 aromatic rings. The van der Waals surface area contributed by atoms with Gasteiger partial charge in [0.15, 0.2) is 5.69 Å². The van der Waals surface area contributed by atoms with E-state index in [1.165, 1.54) is 18.5 Å². The van der Waals surface area contributed by atoms with Crippen LogP contribution in [0.5, 0.6) is 0 Å². The number of nitrogens with zero attached hydrogens (tertiary/aromatic N) is 5. The minimum absolute atomic E-state index is 0.0390. The third-order valence-corrected chi connectivity index (χ3v) is 2.17. The van der Waals surface area contributed by atoms with Crippen LogP contribution < -0.4 is 5.73 Å². The maximum atomic E-state index is 10.9. The predicted molar refractivity (Wildman–Crippen MR) is 61.0 cm³/mol. The second kappa shape index (κ2) is 4.42. The average molecular weight is 242 g/mol. The zero-order chi connectivity index (χ0) is 13.1. The number of hydrogen-bond donors (Lipinski definition) is 1. The number of nitrogens with two attached hydrogens (primary N) is 1. The number of nitrogen functional groups attached to an aromatic ring is 1. The summed E-state index contributed by atoms with van der Waals surface area (Å²) in [6, 6.07) is 3.34. The highest BCUT2D eigenvalue weighted by Crippen LogP contribution is 2.30. The van der Waals surface area contributed by atoms with Crippen LogP contribution in [0, 0.1) is 21.4 Å². The number of rotatable bonds is 2. The smallest absolute Gasteiger partial charge is 0.337 e. The van der Waals surface area contributed by atoms with Gasteiger partial charge in [0, 0.05) is 18.0 Å². The van der Waals surface area contributed by atoms with E-state index in [1.807, 2.05) is 6.07 Å². The molecule has 2 aromatic heterocycles. The fourth-order valence-electron chi connectivity index (χ4n) is 1.41. The van der Waals surface area contributed by atoms with Crippen LogP contribution in [-0.2, 0) is 0 Å². The minimum atomic E-state index is -0.663. The van der Waals surface area contributed by atoms with Crippen LogP contribution in [-0.4, -0.2) is 19.9 Å². The third kappa shape index (κ3) is 1.92. The number of nitriles is 1. The highest BCUT2D eigenvalue weighted by Gasteiger charge is 2.22. The molecule has 0 saturated carbocycles. The van der Waals surface area contributed by atoms with Gasteiger partial charge < -0.3 is 5.73 Å². The Labute approximate surface area is 101 Å². The SMILES string of the molecule is N#Cc1cncc(-c2ncnc(N)c2[N+](=O)[O-])c1. The molecule has 0 aliphatic heterocycles. The maximum Gasteiger partial charge on any atom is 0.337 e. The zero-order valence-electron chi connectivity index (χ0n) is 8.94. The summed E-state index contributed by atoms with van der Waals surface area (Å²) in [6.45, 7) is 0. The van der Waals surface area contributed by atoms with Crippen LogP contribution in [0.4, 0.5) is 11.5 Å². The highest BCUT2D eigenvalue weighted by atomic mass is 16.6. The standard InChI is InChI=1S/C10H6N6O2/c11-2-6-1-7(4-13-3-6)8-9(16(17)18)10(12)15-5-14-8/h1,3-5H,(H2,12,14,15). The molecule has 0 atom stereocenters. The topological polar surface area (TPSA) is 132 Å². The Bertz CT molecular complexity index is 664. The lowest BCUT2D eigenvalue weighted by Crippen LogP contribution is -2.02. The Morgan fingerprint density at radius 2 is 2.17 bits per heavy atom. The normalized spacial score (nSPS) is 9.72. The molecular weight excluding hydrogens is 236 g/mol. The maximum absolute atomic E-state index is 10.9. The van der Waals surface area contributed by atoms with Crippen LogP contribution in [0.2, 0.25) is 0 Å². The van der Waals surface area contributed by atoms with Gasteiger partial charge in [-0.15, -0.1) is 0 Å². The van der Waals surface area contributed by atoms with E-state index in [-0.39, 0.29) is 17.1 Å². The molecule has 2 N–H and O–H groups in total. The molecule has 0 aliphatic carbocycles. The van der Waals surface area contributed by atoms with E-state index in [0.29, 0.717) is 5.56 Å². The van der Waals surface area contributed by atoms with Crippen LogP contribution in [0.3, 0.4) is 0 Å². The first-order valence-corrected chi connectivity index (χ1v) is 4.74. The lowest BCUT2D eigenvalue weighted by molar-refractivity contribution is -0.383. The first kappa shape index (κ1) is 11.4. The van der Waals surface area contributed by atoms with Crippen molar-refractivity contribution in [2.24, 2.45) is 0 Å². The van der Waals surface area contributed by atoms with Crippen molar-refractivity contribution in [3.8, 4) is 17.3 Å². The molecule has 0 spiro atoms. The Balaban J connectivity index is 2.68. The van der Waals surface area contributed by atoms with Gasteiger partial charge in [-0.05, 0) is 6.07 Å². The predicted octanol–water partition coefficient (Wildman–Crippen LogP) is 0.901. The van der Waals surface area contributed by atoms with Gasteiger partial charge in [-0.1, -0.05) is 0 Å². The third-order valence-electron chi connectivity index (χ3n) is 2.17. The summed E-state index contributed by atoms with van der Waals surface area (Å²) in [7, 11) is 0. The van der Waals surface area contributed by atoms with Crippen molar-refractivity contribution in [1.82, 2.24) is 15.0 Å². The van der Waals surface area contributed by atoms with Gasteiger partial charge in [0.05, 0.1) is 10.5 Å². The van der Waals surface area contributed by atoms with Crippen LogP contribution >= 0.6 is 0 Å². The molecule has 0 unspecified atom stereocenters.